The molecule has 0 saturated heterocycles. The minimum Gasteiger partial charge on any atom is -0.493 e. The molecule has 0 spiro atoms. The fraction of sp³-hybridized carbons (Fsp3) is 0.200. The van der Waals surface area contributed by atoms with Gasteiger partial charge in [-0.15, -0.1) is 0 Å². The van der Waals surface area contributed by atoms with Gasteiger partial charge in [0.2, 0.25) is 0 Å². The van der Waals surface area contributed by atoms with E-state index in [2.05, 4.69) is 15.4 Å². The van der Waals surface area contributed by atoms with E-state index in [-0.39, 0.29) is 0 Å². The molecule has 0 bridgehead atoms. The van der Waals surface area contributed by atoms with Crippen molar-refractivity contribution in [2.75, 3.05) is 14.2 Å². The SMILES string of the molecule is COc1cccc(-c2cn[nH]n2)c1OC. The predicted octanol–water partition coefficient (Wildman–Crippen LogP) is 1.49. The van der Waals surface area contributed by atoms with Crippen LogP contribution in [0.1, 0.15) is 0 Å². The molecule has 0 radical (unpaired) electrons. The first-order chi connectivity index (χ1) is 7.36. The molecule has 0 aliphatic carbocycles. The van der Waals surface area contributed by atoms with E-state index in [1.165, 1.54) is 0 Å². The Morgan fingerprint density at radius 3 is 2.67 bits per heavy atom. The number of H-pyrrole nitrogens is 1. The summed E-state index contributed by atoms with van der Waals surface area (Å²) in [5.41, 5.74) is 1.58. The fourth-order valence-electron chi connectivity index (χ4n) is 1.42. The van der Waals surface area contributed by atoms with Crippen LogP contribution >= 0.6 is 0 Å². The third-order valence-electron chi connectivity index (χ3n) is 2.09. The van der Waals surface area contributed by atoms with Crippen molar-refractivity contribution in [2.45, 2.75) is 0 Å². The van der Waals surface area contributed by atoms with Gasteiger partial charge in [0.05, 0.1) is 20.4 Å². The summed E-state index contributed by atoms with van der Waals surface area (Å²) in [6.07, 6.45) is 1.64. The molecular weight excluding hydrogens is 194 g/mol. The Hall–Kier alpha value is -2.04. The smallest absolute Gasteiger partial charge is 0.170 e. The number of nitrogens with zero attached hydrogens (tertiary/aromatic N) is 2. The number of hydrogen-bond acceptors (Lipinski definition) is 4. The molecule has 1 N–H and O–H groups in total. The highest BCUT2D eigenvalue weighted by Gasteiger charge is 2.12. The standard InChI is InChI=1S/C10H11N3O2/c1-14-9-5-3-4-7(10(9)15-2)8-6-11-13-12-8/h3-6H,1-2H3,(H,11,12,13). The van der Waals surface area contributed by atoms with E-state index in [1.807, 2.05) is 18.2 Å². The summed E-state index contributed by atoms with van der Waals surface area (Å²) >= 11 is 0. The number of methoxy groups -OCH3 is 2. The van der Waals surface area contributed by atoms with Crippen molar-refractivity contribution in [1.29, 1.82) is 0 Å². The molecule has 1 aromatic heterocycles. The zero-order chi connectivity index (χ0) is 10.7. The average Bonchev–Trinajstić information content (AvgIpc) is 2.81. The van der Waals surface area contributed by atoms with Gasteiger partial charge >= 0.3 is 0 Å². The van der Waals surface area contributed by atoms with Crippen LogP contribution in [0.15, 0.2) is 24.4 Å². The van der Waals surface area contributed by atoms with Crippen molar-refractivity contribution in [3.05, 3.63) is 24.4 Å². The Morgan fingerprint density at radius 2 is 2.07 bits per heavy atom. The maximum atomic E-state index is 5.28. The molecule has 5 heteroatoms. The number of para-hydroxylation sites is 1. The molecule has 0 atom stereocenters. The van der Waals surface area contributed by atoms with E-state index in [1.54, 1.807) is 20.4 Å². The van der Waals surface area contributed by atoms with Crippen molar-refractivity contribution < 1.29 is 9.47 Å². The molecule has 1 heterocycles. The minimum absolute atomic E-state index is 0.661. The van der Waals surface area contributed by atoms with Crippen LogP contribution in [0.4, 0.5) is 0 Å². The predicted molar refractivity (Wildman–Crippen MR) is 54.9 cm³/mol. The van der Waals surface area contributed by atoms with Gasteiger partial charge in [-0.25, -0.2) is 0 Å². The Bertz CT molecular complexity index is 440. The first kappa shape index (κ1) is 9.51. The first-order valence-electron chi connectivity index (χ1n) is 4.44. The summed E-state index contributed by atoms with van der Waals surface area (Å²) in [4.78, 5) is 0. The van der Waals surface area contributed by atoms with Crippen LogP contribution in [0.25, 0.3) is 11.3 Å². The van der Waals surface area contributed by atoms with Gasteiger partial charge in [-0.05, 0) is 12.1 Å². The highest BCUT2D eigenvalue weighted by Crippen LogP contribution is 2.36. The minimum atomic E-state index is 0.661. The third-order valence-corrected chi connectivity index (χ3v) is 2.09. The van der Waals surface area contributed by atoms with E-state index in [0.29, 0.717) is 11.5 Å². The maximum absolute atomic E-state index is 5.28. The molecule has 15 heavy (non-hydrogen) atoms. The second kappa shape index (κ2) is 4.00. The van der Waals surface area contributed by atoms with Crippen molar-refractivity contribution in [3.8, 4) is 22.8 Å². The highest BCUT2D eigenvalue weighted by atomic mass is 16.5. The topological polar surface area (TPSA) is 60.0 Å². The van der Waals surface area contributed by atoms with Crippen molar-refractivity contribution in [1.82, 2.24) is 15.4 Å². The van der Waals surface area contributed by atoms with E-state index < -0.39 is 0 Å². The number of hydrogen-bond donors (Lipinski definition) is 1. The van der Waals surface area contributed by atoms with Gasteiger partial charge in [0.1, 0.15) is 5.69 Å². The van der Waals surface area contributed by atoms with E-state index in [0.717, 1.165) is 11.3 Å². The van der Waals surface area contributed by atoms with Crippen LogP contribution in [0.2, 0.25) is 0 Å². The Kier molecular flexibility index (Phi) is 2.53. The summed E-state index contributed by atoms with van der Waals surface area (Å²) in [7, 11) is 3.20. The number of aromatic amines is 1. The third kappa shape index (κ3) is 1.63. The van der Waals surface area contributed by atoms with Gasteiger partial charge in [0.15, 0.2) is 11.5 Å². The Labute approximate surface area is 87.0 Å². The normalized spacial score (nSPS) is 10.0. The van der Waals surface area contributed by atoms with Crippen molar-refractivity contribution >= 4 is 0 Å². The maximum Gasteiger partial charge on any atom is 0.170 e. The lowest BCUT2D eigenvalue weighted by atomic mass is 10.1. The van der Waals surface area contributed by atoms with Crippen molar-refractivity contribution in [2.24, 2.45) is 0 Å². The lowest BCUT2D eigenvalue weighted by Gasteiger charge is -2.10. The molecule has 5 nitrogen and oxygen atoms in total. The van der Waals surface area contributed by atoms with Crippen LogP contribution in [0.3, 0.4) is 0 Å². The van der Waals surface area contributed by atoms with Gasteiger partial charge in [0.25, 0.3) is 0 Å². The number of ether oxygens (including phenoxy) is 2. The lowest BCUT2D eigenvalue weighted by molar-refractivity contribution is 0.356. The quantitative estimate of drug-likeness (QED) is 0.824. The Balaban J connectivity index is 2.56. The molecule has 0 aliphatic heterocycles. The van der Waals surface area contributed by atoms with Crippen LogP contribution in [0, 0.1) is 0 Å². The van der Waals surface area contributed by atoms with E-state index in [9.17, 15) is 0 Å². The first-order valence-corrected chi connectivity index (χ1v) is 4.44. The zero-order valence-electron chi connectivity index (χ0n) is 8.52. The number of benzene rings is 1. The van der Waals surface area contributed by atoms with E-state index in [4.69, 9.17) is 9.47 Å². The Morgan fingerprint density at radius 1 is 1.20 bits per heavy atom. The molecule has 1 aromatic carbocycles. The summed E-state index contributed by atoms with van der Waals surface area (Å²) in [6, 6.07) is 5.62. The van der Waals surface area contributed by atoms with Crippen LogP contribution in [-0.2, 0) is 0 Å². The van der Waals surface area contributed by atoms with Gasteiger partial charge < -0.3 is 9.47 Å². The highest BCUT2D eigenvalue weighted by molar-refractivity contribution is 5.70. The van der Waals surface area contributed by atoms with Gasteiger partial charge in [-0.2, -0.15) is 15.4 Å². The van der Waals surface area contributed by atoms with Crippen LogP contribution in [-0.4, -0.2) is 29.6 Å². The number of nitrogens with one attached hydrogen (secondary N) is 1. The summed E-state index contributed by atoms with van der Waals surface area (Å²) in [5, 5.41) is 10.3. The molecule has 2 rings (SSSR count). The van der Waals surface area contributed by atoms with E-state index >= 15 is 0 Å². The summed E-state index contributed by atoms with van der Waals surface area (Å²) in [5.74, 6) is 1.34. The molecular formula is C10H11N3O2. The average molecular weight is 205 g/mol. The molecule has 0 saturated carbocycles. The number of aromatic nitrogens is 3. The lowest BCUT2D eigenvalue weighted by Crippen LogP contribution is -1.93. The van der Waals surface area contributed by atoms with Crippen molar-refractivity contribution in [3.63, 3.8) is 0 Å². The zero-order valence-corrected chi connectivity index (χ0v) is 8.52. The molecule has 2 aromatic rings. The van der Waals surface area contributed by atoms with Crippen LogP contribution in [0.5, 0.6) is 11.5 Å². The fourth-order valence-corrected chi connectivity index (χ4v) is 1.42. The van der Waals surface area contributed by atoms with Gasteiger partial charge in [-0.1, -0.05) is 6.07 Å². The second-order valence-corrected chi connectivity index (χ2v) is 2.90. The van der Waals surface area contributed by atoms with Crippen LogP contribution < -0.4 is 9.47 Å². The molecule has 0 amide bonds. The molecule has 0 aliphatic rings. The van der Waals surface area contributed by atoms with Gasteiger partial charge in [0, 0.05) is 5.56 Å². The monoisotopic (exact) mass is 205 g/mol. The summed E-state index contributed by atoms with van der Waals surface area (Å²) in [6.45, 7) is 0. The van der Waals surface area contributed by atoms with Gasteiger partial charge in [-0.3, -0.25) is 0 Å². The molecule has 0 unspecified atom stereocenters. The number of rotatable bonds is 3. The molecule has 78 valence electrons. The largest absolute Gasteiger partial charge is 0.493 e. The second-order valence-electron chi connectivity index (χ2n) is 2.90. The molecule has 0 fully saturated rings. The summed E-state index contributed by atoms with van der Waals surface area (Å²) < 4.78 is 10.5.